The largest absolute Gasteiger partial charge is 0.465 e. The third kappa shape index (κ3) is 5.46. The summed E-state index contributed by atoms with van der Waals surface area (Å²) in [6.07, 6.45) is 3.46. The summed E-state index contributed by atoms with van der Waals surface area (Å²) >= 11 is 0. The molecule has 2 aromatic rings. The minimum absolute atomic E-state index is 0.0227. The lowest BCUT2D eigenvalue weighted by atomic mass is 9.75. The molecule has 3 heterocycles. The minimum atomic E-state index is -0.601. The summed E-state index contributed by atoms with van der Waals surface area (Å²) < 4.78 is 16.5. The van der Waals surface area contributed by atoms with Crippen molar-refractivity contribution < 1.29 is 28.6 Å². The number of esters is 1. The van der Waals surface area contributed by atoms with Gasteiger partial charge in [-0.2, -0.15) is 0 Å². The first kappa shape index (κ1) is 29.9. The number of anilines is 2. The van der Waals surface area contributed by atoms with E-state index in [1.165, 1.54) is 7.11 Å². The molecule has 1 atom stereocenters. The summed E-state index contributed by atoms with van der Waals surface area (Å²) in [6.45, 7) is 12.0. The molecule has 5 rings (SSSR count). The van der Waals surface area contributed by atoms with Crippen molar-refractivity contribution in [3.63, 3.8) is 0 Å². The predicted octanol–water partition coefficient (Wildman–Crippen LogP) is 6.02. The number of nitrogens with zero attached hydrogens (tertiary/aromatic N) is 2. The van der Waals surface area contributed by atoms with Gasteiger partial charge >= 0.3 is 12.1 Å². The number of methoxy groups -OCH3 is 1. The highest BCUT2D eigenvalue weighted by Crippen LogP contribution is 2.46. The van der Waals surface area contributed by atoms with Crippen molar-refractivity contribution in [3.05, 3.63) is 47.0 Å². The summed E-state index contributed by atoms with van der Waals surface area (Å²) in [5.41, 5.74) is 4.49. The molecule has 9 nitrogen and oxygen atoms in total. The van der Waals surface area contributed by atoms with Crippen LogP contribution in [0.5, 0.6) is 0 Å². The van der Waals surface area contributed by atoms with Crippen molar-refractivity contribution in [2.45, 2.75) is 83.9 Å². The molecule has 2 saturated heterocycles. The monoisotopic (exact) mass is 577 g/mol. The zero-order valence-electron chi connectivity index (χ0n) is 25.7. The first-order chi connectivity index (χ1) is 20.0. The Labute approximate surface area is 248 Å². The van der Waals surface area contributed by atoms with Crippen molar-refractivity contribution in [2.75, 3.05) is 43.6 Å². The second kappa shape index (κ2) is 11.6. The van der Waals surface area contributed by atoms with Gasteiger partial charge in [-0.3, -0.25) is 9.69 Å². The number of hydrogen-bond donors (Lipinski definition) is 1. The maximum Gasteiger partial charge on any atom is 0.411 e. The molecule has 0 aliphatic carbocycles. The van der Waals surface area contributed by atoms with Gasteiger partial charge in [0.1, 0.15) is 11.8 Å². The fraction of sp³-hybridized carbons (Fsp3) is 0.545. The Morgan fingerprint density at radius 2 is 1.86 bits per heavy atom. The van der Waals surface area contributed by atoms with E-state index in [0.29, 0.717) is 44.7 Å². The fourth-order valence-corrected chi connectivity index (χ4v) is 6.62. The predicted molar refractivity (Wildman–Crippen MR) is 162 cm³/mol. The highest BCUT2D eigenvalue weighted by Gasteiger charge is 2.47. The molecule has 3 aliphatic heterocycles. The molecule has 3 aliphatic rings. The second-order valence-corrected chi connectivity index (χ2v) is 12.5. The number of piperidine rings is 1. The summed E-state index contributed by atoms with van der Waals surface area (Å²) in [7, 11) is 1.38. The van der Waals surface area contributed by atoms with Crippen LogP contribution in [0, 0.1) is 6.92 Å². The molecule has 226 valence electrons. The van der Waals surface area contributed by atoms with Crippen LogP contribution in [0.15, 0.2) is 30.3 Å². The van der Waals surface area contributed by atoms with Gasteiger partial charge in [0, 0.05) is 37.7 Å². The SMILES string of the molecule is CCN(c1cc(-c2ccc3c(c2)NC(=O)C32CCOCC2)cc(C(=O)OC)c1C)C1CCCCN1C(=O)OC(C)(C)C. The van der Waals surface area contributed by atoms with Gasteiger partial charge in [0.2, 0.25) is 5.91 Å². The van der Waals surface area contributed by atoms with Crippen LogP contribution in [0.4, 0.5) is 16.2 Å². The maximum absolute atomic E-state index is 13.3. The van der Waals surface area contributed by atoms with Crippen LogP contribution < -0.4 is 10.2 Å². The molecule has 2 fully saturated rings. The second-order valence-electron chi connectivity index (χ2n) is 12.5. The average molecular weight is 578 g/mol. The van der Waals surface area contributed by atoms with Crippen LogP contribution >= 0.6 is 0 Å². The molecule has 1 spiro atoms. The van der Waals surface area contributed by atoms with Crippen LogP contribution in [-0.4, -0.2) is 68.0 Å². The number of carbonyl (C=O) groups excluding carboxylic acids is 3. The first-order valence-electron chi connectivity index (χ1n) is 15.0. The van der Waals surface area contributed by atoms with Crippen LogP contribution in [-0.2, 0) is 24.4 Å². The van der Waals surface area contributed by atoms with E-state index in [-0.39, 0.29) is 18.2 Å². The van der Waals surface area contributed by atoms with E-state index in [0.717, 1.165) is 52.9 Å². The quantitative estimate of drug-likeness (QED) is 0.434. The Kier molecular flexibility index (Phi) is 8.25. The molecule has 0 bridgehead atoms. The number of likely N-dealkylation sites (tertiary alicyclic amines) is 1. The average Bonchev–Trinajstić information content (AvgIpc) is 3.23. The fourth-order valence-electron chi connectivity index (χ4n) is 6.62. The van der Waals surface area contributed by atoms with Gasteiger partial charge in [-0.05, 0) is 107 Å². The van der Waals surface area contributed by atoms with E-state index in [1.807, 2.05) is 56.9 Å². The number of nitrogens with one attached hydrogen (secondary N) is 1. The Morgan fingerprint density at radius 3 is 2.52 bits per heavy atom. The lowest BCUT2D eigenvalue weighted by Gasteiger charge is -2.44. The standard InChI is InChI=1S/C33H43N3O6/c1-7-35(28-10-8-9-15-36(28)31(39)42-32(3,4)5)27-20-23(18-24(21(27)2)29(37)40-6)22-11-12-25-26(19-22)34-30(38)33(25)13-16-41-17-14-33/h11-12,18-20,28H,7-10,13-17H2,1-6H3,(H,34,38). The lowest BCUT2D eigenvalue weighted by Crippen LogP contribution is -2.54. The van der Waals surface area contributed by atoms with Crippen LogP contribution in [0.2, 0.25) is 0 Å². The molecule has 2 aromatic carbocycles. The van der Waals surface area contributed by atoms with Gasteiger partial charge in [-0.1, -0.05) is 12.1 Å². The molecular formula is C33H43N3O6. The molecule has 0 aromatic heterocycles. The van der Waals surface area contributed by atoms with Crippen molar-refractivity contribution in [2.24, 2.45) is 0 Å². The summed E-state index contributed by atoms with van der Waals surface area (Å²) in [6, 6.07) is 9.99. The molecular weight excluding hydrogens is 534 g/mol. The highest BCUT2D eigenvalue weighted by molar-refractivity contribution is 6.07. The number of amides is 2. The number of carbonyl (C=O) groups is 3. The first-order valence-corrected chi connectivity index (χ1v) is 15.0. The Hall–Kier alpha value is -3.59. The Morgan fingerprint density at radius 1 is 1.12 bits per heavy atom. The zero-order chi connectivity index (χ0) is 30.2. The van der Waals surface area contributed by atoms with Crippen molar-refractivity contribution in [1.29, 1.82) is 0 Å². The maximum atomic E-state index is 13.3. The number of ether oxygens (including phenoxy) is 3. The van der Waals surface area contributed by atoms with Crippen LogP contribution in [0.1, 0.15) is 81.3 Å². The highest BCUT2D eigenvalue weighted by atomic mass is 16.6. The Bertz CT molecular complexity index is 1370. The third-order valence-electron chi connectivity index (χ3n) is 8.79. The smallest absolute Gasteiger partial charge is 0.411 e. The van der Waals surface area contributed by atoms with Gasteiger partial charge in [0.15, 0.2) is 0 Å². The van der Waals surface area contributed by atoms with Crippen LogP contribution in [0.3, 0.4) is 0 Å². The van der Waals surface area contributed by atoms with Crippen molar-refractivity contribution in [1.82, 2.24) is 4.90 Å². The molecule has 0 radical (unpaired) electrons. The third-order valence-corrected chi connectivity index (χ3v) is 8.79. The summed E-state index contributed by atoms with van der Waals surface area (Å²) in [5, 5.41) is 3.11. The van der Waals surface area contributed by atoms with E-state index in [9.17, 15) is 14.4 Å². The topological polar surface area (TPSA) is 97.4 Å². The van der Waals surface area contributed by atoms with Gasteiger partial charge in [0.25, 0.3) is 0 Å². The summed E-state index contributed by atoms with van der Waals surface area (Å²) in [4.78, 5) is 43.5. The number of fused-ring (bicyclic) bond motifs is 2. The van der Waals surface area contributed by atoms with E-state index in [1.54, 1.807) is 0 Å². The van der Waals surface area contributed by atoms with Crippen molar-refractivity contribution in [3.8, 4) is 11.1 Å². The minimum Gasteiger partial charge on any atom is -0.465 e. The zero-order valence-corrected chi connectivity index (χ0v) is 25.7. The number of hydrogen-bond acceptors (Lipinski definition) is 7. The Balaban J connectivity index is 1.57. The van der Waals surface area contributed by atoms with Crippen molar-refractivity contribution >= 4 is 29.3 Å². The molecule has 9 heteroatoms. The van der Waals surface area contributed by atoms with Gasteiger partial charge < -0.3 is 24.4 Å². The van der Waals surface area contributed by atoms with E-state index >= 15 is 0 Å². The van der Waals surface area contributed by atoms with Gasteiger partial charge in [-0.15, -0.1) is 0 Å². The molecule has 2 amide bonds. The molecule has 0 saturated carbocycles. The van der Waals surface area contributed by atoms with E-state index in [2.05, 4.69) is 23.2 Å². The lowest BCUT2D eigenvalue weighted by molar-refractivity contribution is -0.124. The van der Waals surface area contributed by atoms with E-state index < -0.39 is 17.0 Å². The number of rotatable bonds is 5. The molecule has 42 heavy (non-hydrogen) atoms. The van der Waals surface area contributed by atoms with Gasteiger partial charge in [-0.25, -0.2) is 9.59 Å². The summed E-state index contributed by atoms with van der Waals surface area (Å²) in [5.74, 6) is -0.399. The molecule has 1 N–H and O–H groups in total. The van der Waals surface area contributed by atoms with E-state index in [4.69, 9.17) is 14.2 Å². The number of benzene rings is 2. The van der Waals surface area contributed by atoms with Crippen LogP contribution in [0.25, 0.3) is 11.1 Å². The molecule has 1 unspecified atom stereocenters. The van der Waals surface area contributed by atoms with Gasteiger partial charge in [0.05, 0.1) is 18.1 Å². The normalized spacial score (nSPS) is 19.7.